The molecule has 1 aromatic heterocycles. The Labute approximate surface area is 196 Å². The van der Waals surface area contributed by atoms with Crippen LogP contribution in [0.1, 0.15) is 28.1 Å². The number of hydrogen-bond donors (Lipinski definition) is 1. The maximum atomic E-state index is 11.0. The van der Waals surface area contributed by atoms with Crippen LogP contribution in [0.3, 0.4) is 0 Å². The number of fused-ring (bicyclic) bond motifs is 1. The third kappa shape index (κ3) is 4.74. The van der Waals surface area contributed by atoms with Crippen LogP contribution in [0.5, 0.6) is 11.5 Å². The van der Waals surface area contributed by atoms with Crippen LogP contribution in [0.25, 0.3) is 22.7 Å². The van der Waals surface area contributed by atoms with E-state index in [2.05, 4.69) is 16.0 Å². The highest BCUT2D eigenvalue weighted by atomic mass is 16.6. The summed E-state index contributed by atoms with van der Waals surface area (Å²) in [5, 5.41) is 20.7. The van der Waals surface area contributed by atoms with Crippen LogP contribution in [0, 0.1) is 35.3 Å². The van der Waals surface area contributed by atoms with Gasteiger partial charge in [-0.25, -0.2) is 4.98 Å². The van der Waals surface area contributed by atoms with Gasteiger partial charge in [0.1, 0.15) is 18.5 Å². The number of imidazole rings is 1. The topological polar surface area (TPSA) is 114 Å². The summed E-state index contributed by atoms with van der Waals surface area (Å²) in [6.07, 6.45) is 1.73. The first-order chi connectivity index (χ1) is 16.4. The number of benzene rings is 3. The van der Waals surface area contributed by atoms with E-state index < -0.39 is 4.92 Å². The van der Waals surface area contributed by atoms with Crippen LogP contribution in [-0.2, 0) is 6.61 Å². The number of nitriles is 1. The molecular formula is C26H22N4O4. The van der Waals surface area contributed by atoms with E-state index in [-0.39, 0.29) is 12.3 Å². The van der Waals surface area contributed by atoms with E-state index in [1.165, 1.54) is 19.2 Å². The molecule has 0 unspecified atom stereocenters. The van der Waals surface area contributed by atoms with Crippen LogP contribution in [0.2, 0.25) is 0 Å². The number of hydrogen-bond acceptors (Lipinski definition) is 6. The first-order valence-electron chi connectivity index (χ1n) is 10.5. The van der Waals surface area contributed by atoms with Gasteiger partial charge in [0.05, 0.1) is 28.6 Å². The zero-order chi connectivity index (χ0) is 24.2. The quantitative estimate of drug-likeness (QED) is 0.216. The van der Waals surface area contributed by atoms with Gasteiger partial charge < -0.3 is 14.5 Å². The molecule has 8 nitrogen and oxygen atoms in total. The minimum Gasteiger partial charge on any atom is -0.493 e. The molecule has 8 heteroatoms. The number of aromatic amines is 1. The van der Waals surface area contributed by atoms with Gasteiger partial charge in [0.15, 0.2) is 11.5 Å². The second kappa shape index (κ2) is 9.46. The van der Waals surface area contributed by atoms with E-state index in [1.807, 2.05) is 26.0 Å². The molecule has 0 aliphatic carbocycles. The molecule has 1 heterocycles. The summed E-state index contributed by atoms with van der Waals surface area (Å²) in [6, 6.07) is 17.8. The Bertz CT molecular complexity index is 1420. The van der Waals surface area contributed by atoms with Gasteiger partial charge in [-0.1, -0.05) is 18.2 Å². The van der Waals surface area contributed by atoms with Gasteiger partial charge in [0, 0.05) is 12.1 Å². The molecule has 4 rings (SSSR count). The highest BCUT2D eigenvalue weighted by Gasteiger charge is 2.12. The molecule has 0 spiro atoms. The van der Waals surface area contributed by atoms with E-state index in [0.29, 0.717) is 28.5 Å². The summed E-state index contributed by atoms with van der Waals surface area (Å²) in [7, 11) is 1.53. The van der Waals surface area contributed by atoms with Crippen LogP contribution >= 0.6 is 0 Å². The van der Waals surface area contributed by atoms with E-state index in [4.69, 9.17) is 9.47 Å². The Morgan fingerprint density at radius 2 is 1.94 bits per heavy atom. The molecule has 34 heavy (non-hydrogen) atoms. The van der Waals surface area contributed by atoms with E-state index in [1.54, 1.807) is 36.4 Å². The number of H-pyrrole nitrogens is 1. The third-order valence-electron chi connectivity index (χ3n) is 5.49. The van der Waals surface area contributed by atoms with Crippen molar-refractivity contribution in [1.82, 2.24) is 9.97 Å². The molecule has 3 aromatic carbocycles. The summed E-state index contributed by atoms with van der Waals surface area (Å²) in [5.41, 5.74) is 5.77. The van der Waals surface area contributed by atoms with Gasteiger partial charge in [0.25, 0.3) is 5.69 Å². The number of nitro groups is 1. The molecule has 0 atom stereocenters. The molecule has 4 aromatic rings. The number of methoxy groups -OCH3 is 1. The predicted molar refractivity (Wildman–Crippen MR) is 129 cm³/mol. The van der Waals surface area contributed by atoms with E-state index in [9.17, 15) is 15.4 Å². The van der Waals surface area contributed by atoms with Crippen molar-refractivity contribution in [3.05, 3.63) is 92.8 Å². The first kappa shape index (κ1) is 22.6. The summed E-state index contributed by atoms with van der Waals surface area (Å²) in [5.74, 6) is 1.46. The van der Waals surface area contributed by atoms with Gasteiger partial charge in [0.2, 0.25) is 0 Å². The second-order valence-corrected chi connectivity index (χ2v) is 7.83. The number of allylic oxidation sites excluding steroid dienone is 1. The number of non-ortho nitro benzene ring substituents is 1. The van der Waals surface area contributed by atoms with Crippen molar-refractivity contribution in [2.75, 3.05) is 7.11 Å². The van der Waals surface area contributed by atoms with Crippen molar-refractivity contribution in [1.29, 1.82) is 5.26 Å². The summed E-state index contributed by atoms with van der Waals surface area (Å²) in [4.78, 5) is 18.3. The summed E-state index contributed by atoms with van der Waals surface area (Å²) in [6.45, 7) is 4.21. The van der Waals surface area contributed by atoms with Gasteiger partial charge in [-0.3, -0.25) is 10.1 Å². The molecule has 0 aliphatic heterocycles. The van der Waals surface area contributed by atoms with Crippen LogP contribution in [-0.4, -0.2) is 22.0 Å². The lowest BCUT2D eigenvalue weighted by molar-refractivity contribution is -0.384. The molecular weight excluding hydrogens is 432 g/mol. The Hall–Kier alpha value is -4.64. The van der Waals surface area contributed by atoms with Crippen molar-refractivity contribution >= 4 is 28.4 Å². The van der Waals surface area contributed by atoms with Crippen molar-refractivity contribution in [3.8, 4) is 17.6 Å². The van der Waals surface area contributed by atoms with E-state index in [0.717, 1.165) is 27.7 Å². The smallest absolute Gasteiger partial charge is 0.269 e. The van der Waals surface area contributed by atoms with Crippen molar-refractivity contribution < 1.29 is 14.4 Å². The Balaban J connectivity index is 1.58. The number of nitrogens with zero attached hydrogens (tertiary/aromatic N) is 3. The Morgan fingerprint density at radius 1 is 1.15 bits per heavy atom. The van der Waals surface area contributed by atoms with Crippen LogP contribution < -0.4 is 9.47 Å². The summed E-state index contributed by atoms with van der Waals surface area (Å²) < 4.78 is 11.3. The lowest BCUT2D eigenvalue weighted by atomic mass is 10.1. The molecule has 0 aliphatic rings. The van der Waals surface area contributed by atoms with Crippen LogP contribution in [0.15, 0.2) is 54.6 Å². The molecule has 0 saturated heterocycles. The Morgan fingerprint density at radius 3 is 2.68 bits per heavy atom. The number of ether oxygens (including phenoxy) is 2. The highest BCUT2D eigenvalue weighted by Crippen LogP contribution is 2.31. The predicted octanol–water partition coefficient (Wildman–Crippen LogP) is 5.74. The first-order valence-corrected chi connectivity index (χ1v) is 10.5. The van der Waals surface area contributed by atoms with Crippen molar-refractivity contribution in [2.45, 2.75) is 20.5 Å². The molecule has 0 fully saturated rings. The zero-order valence-corrected chi connectivity index (χ0v) is 19.0. The van der Waals surface area contributed by atoms with Crippen LogP contribution in [0.4, 0.5) is 5.69 Å². The van der Waals surface area contributed by atoms with E-state index >= 15 is 0 Å². The second-order valence-electron chi connectivity index (χ2n) is 7.83. The third-order valence-corrected chi connectivity index (χ3v) is 5.49. The average Bonchev–Trinajstić information content (AvgIpc) is 3.24. The summed E-state index contributed by atoms with van der Waals surface area (Å²) >= 11 is 0. The average molecular weight is 454 g/mol. The number of nitrogens with one attached hydrogen (secondary N) is 1. The zero-order valence-electron chi connectivity index (χ0n) is 19.0. The minimum absolute atomic E-state index is 0.00786. The van der Waals surface area contributed by atoms with Crippen molar-refractivity contribution in [3.63, 3.8) is 0 Å². The highest BCUT2D eigenvalue weighted by molar-refractivity contribution is 5.90. The monoisotopic (exact) mass is 454 g/mol. The molecule has 1 N–H and O–H groups in total. The number of aryl methyl sites for hydroxylation is 2. The fourth-order valence-electron chi connectivity index (χ4n) is 3.53. The lowest BCUT2D eigenvalue weighted by Crippen LogP contribution is -1.99. The number of rotatable bonds is 7. The van der Waals surface area contributed by atoms with Crippen molar-refractivity contribution in [2.24, 2.45) is 0 Å². The fraction of sp³-hybridized carbons (Fsp3) is 0.154. The van der Waals surface area contributed by atoms with Gasteiger partial charge in [-0.2, -0.15) is 5.26 Å². The van der Waals surface area contributed by atoms with Gasteiger partial charge in [-0.05, 0) is 66.4 Å². The maximum absolute atomic E-state index is 11.0. The minimum atomic E-state index is -0.442. The molecule has 170 valence electrons. The normalized spacial score (nSPS) is 11.3. The number of nitro benzene ring substituents is 1. The molecule has 0 saturated carbocycles. The SMILES string of the molecule is COc1cc(/C=C(\C#N)c2nc3cc(C)c(C)cc3[nH]2)ccc1OCc1cccc([N+](=O)[O-])c1. The Kier molecular flexibility index (Phi) is 6.28. The largest absolute Gasteiger partial charge is 0.493 e. The maximum Gasteiger partial charge on any atom is 0.269 e. The molecule has 0 bridgehead atoms. The molecule has 0 amide bonds. The van der Waals surface area contributed by atoms with Gasteiger partial charge in [-0.15, -0.1) is 0 Å². The van der Waals surface area contributed by atoms with Gasteiger partial charge >= 0.3 is 0 Å². The fourth-order valence-corrected chi connectivity index (χ4v) is 3.53. The standard InChI is InChI=1S/C26H22N4O4/c1-16-9-22-23(10-17(16)2)29-26(28-22)20(14-27)11-18-7-8-24(25(13-18)33-3)34-15-19-5-4-6-21(12-19)30(31)32/h4-13H,15H2,1-3H3,(H,28,29)/b20-11+. The number of aromatic nitrogens is 2. The molecule has 0 radical (unpaired) electrons. The lowest BCUT2D eigenvalue weighted by Gasteiger charge is -2.11.